The van der Waals surface area contributed by atoms with Crippen LogP contribution in [0.25, 0.3) is 10.4 Å². The van der Waals surface area contributed by atoms with Crippen LogP contribution in [0, 0.1) is 0 Å². The Morgan fingerprint density at radius 1 is 1.47 bits per heavy atom. The van der Waals surface area contributed by atoms with Gasteiger partial charge >= 0.3 is 6.09 Å². The van der Waals surface area contributed by atoms with Gasteiger partial charge in [-0.25, -0.2) is 4.79 Å². The first-order valence-electron chi connectivity index (χ1n) is 5.87. The smallest absolute Gasteiger partial charge is 0.410 e. The summed E-state index contributed by atoms with van der Waals surface area (Å²) in [6.45, 7) is 7.94. The second-order valence-electron chi connectivity index (χ2n) is 5.42. The van der Waals surface area contributed by atoms with E-state index in [9.17, 15) is 4.79 Å². The molecule has 0 aromatic carbocycles. The van der Waals surface area contributed by atoms with E-state index in [2.05, 4.69) is 10.0 Å². The summed E-state index contributed by atoms with van der Waals surface area (Å²) in [7, 11) is 0. The lowest BCUT2D eigenvalue weighted by molar-refractivity contribution is 0.0100. The molecule has 1 aliphatic rings. The van der Waals surface area contributed by atoms with Gasteiger partial charge in [-0.3, -0.25) is 0 Å². The van der Waals surface area contributed by atoms with Gasteiger partial charge in [0.15, 0.2) is 0 Å². The average Bonchev–Trinajstić information content (AvgIpc) is 2.18. The van der Waals surface area contributed by atoms with Crippen molar-refractivity contribution in [1.82, 2.24) is 4.90 Å². The molecular weight excluding hydrogens is 220 g/mol. The van der Waals surface area contributed by atoms with Crippen LogP contribution in [0.3, 0.4) is 0 Å². The number of hydrogen-bond donors (Lipinski definition) is 0. The summed E-state index contributed by atoms with van der Waals surface area (Å²) in [5, 5.41) is 3.68. The first-order chi connectivity index (χ1) is 7.83. The Labute approximate surface area is 102 Å². The van der Waals surface area contributed by atoms with Gasteiger partial charge in [0.2, 0.25) is 0 Å². The first kappa shape index (κ1) is 13.6. The fourth-order valence-corrected chi connectivity index (χ4v) is 1.83. The Kier molecular flexibility index (Phi) is 4.23. The number of azide groups is 1. The van der Waals surface area contributed by atoms with Gasteiger partial charge in [-0.2, -0.15) is 0 Å². The van der Waals surface area contributed by atoms with Crippen LogP contribution >= 0.6 is 0 Å². The Bertz CT molecular complexity index is 331. The number of amides is 1. The molecule has 1 rings (SSSR count). The number of hydrogen-bond acceptors (Lipinski definition) is 3. The summed E-state index contributed by atoms with van der Waals surface area (Å²) >= 11 is 0. The minimum atomic E-state index is -0.498. The molecule has 1 aliphatic heterocycles. The minimum Gasteiger partial charge on any atom is -0.444 e. The lowest BCUT2D eigenvalue weighted by atomic mass is 10.0. The first-order valence-corrected chi connectivity index (χ1v) is 5.87. The van der Waals surface area contributed by atoms with Crippen molar-refractivity contribution < 1.29 is 9.53 Å². The molecular formula is C11H20N4O2. The van der Waals surface area contributed by atoms with E-state index in [1.165, 1.54) is 0 Å². The predicted octanol–water partition coefficient (Wildman–Crippen LogP) is 3.08. The molecule has 1 saturated heterocycles. The van der Waals surface area contributed by atoms with Crippen LogP contribution in [-0.4, -0.2) is 35.2 Å². The third-order valence-corrected chi connectivity index (χ3v) is 2.70. The standard InChI is InChI=1S/C11H20N4O2/c1-8-5-6-9(13-14-12)7-15(8)10(16)17-11(2,3)4/h8-9H,5-7H2,1-4H3/t8-,9?/m1/s1. The molecule has 6 heteroatoms. The molecule has 0 saturated carbocycles. The van der Waals surface area contributed by atoms with Crippen LogP contribution in [0.2, 0.25) is 0 Å². The monoisotopic (exact) mass is 240 g/mol. The fraction of sp³-hybridized carbons (Fsp3) is 0.909. The van der Waals surface area contributed by atoms with Crippen molar-refractivity contribution in [2.24, 2.45) is 5.11 Å². The second-order valence-corrected chi connectivity index (χ2v) is 5.42. The van der Waals surface area contributed by atoms with Crippen LogP contribution in [0.15, 0.2) is 5.11 Å². The highest BCUT2D eigenvalue weighted by atomic mass is 16.6. The Morgan fingerprint density at radius 2 is 2.12 bits per heavy atom. The lowest BCUT2D eigenvalue weighted by Gasteiger charge is -2.37. The van der Waals surface area contributed by atoms with E-state index in [1.807, 2.05) is 27.7 Å². The molecule has 0 aromatic rings. The van der Waals surface area contributed by atoms with Crippen molar-refractivity contribution in [2.75, 3.05) is 6.54 Å². The van der Waals surface area contributed by atoms with E-state index < -0.39 is 5.60 Å². The van der Waals surface area contributed by atoms with Crippen molar-refractivity contribution >= 4 is 6.09 Å². The summed E-state index contributed by atoms with van der Waals surface area (Å²) in [4.78, 5) is 16.4. The number of carbonyl (C=O) groups is 1. The summed E-state index contributed by atoms with van der Waals surface area (Å²) in [5.74, 6) is 0. The quantitative estimate of drug-likeness (QED) is 0.401. The Hall–Kier alpha value is -1.42. The maximum absolute atomic E-state index is 11.9. The third kappa shape index (κ3) is 4.15. The van der Waals surface area contributed by atoms with Gasteiger partial charge in [-0.15, -0.1) is 0 Å². The maximum atomic E-state index is 11.9. The molecule has 0 radical (unpaired) electrons. The number of likely N-dealkylation sites (tertiary alicyclic amines) is 1. The van der Waals surface area contributed by atoms with Crippen LogP contribution in [0.5, 0.6) is 0 Å². The van der Waals surface area contributed by atoms with Crippen LogP contribution in [0.1, 0.15) is 40.5 Å². The van der Waals surface area contributed by atoms with Gasteiger partial charge < -0.3 is 9.64 Å². The van der Waals surface area contributed by atoms with Crippen LogP contribution in [-0.2, 0) is 4.74 Å². The maximum Gasteiger partial charge on any atom is 0.410 e. The second kappa shape index (κ2) is 5.27. The Morgan fingerprint density at radius 3 is 2.65 bits per heavy atom. The number of piperidine rings is 1. The highest BCUT2D eigenvalue weighted by molar-refractivity contribution is 5.68. The minimum absolute atomic E-state index is 0.134. The Balaban J connectivity index is 2.66. The summed E-state index contributed by atoms with van der Waals surface area (Å²) < 4.78 is 5.33. The number of carbonyl (C=O) groups excluding carboxylic acids is 1. The van der Waals surface area contributed by atoms with E-state index in [0.717, 1.165) is 12.8 Å². The van der Waals surface area contributed by atoms with E-state index in [0.29, 0.717) is 6.54 Å². The van der Waals surface area contributed by atoms with Crippen molar-refractivity contribution in [2.45, 2.75) is 58.2 Å². The lowest BCUT2D eigenvalue weighted by Crippen LogP contribution is -2.48. The molecule has 0 spiro atoms. The fourth-order valence-electron chi connectivity index (χ4n) is 1.83. The summed E-state index contributed by atoms with van der Waals surface area (Å²) in [6, 6.07) is -0.00119. The van der Waals surface area contributed by atoms with Crippen LogP contribution < -0.4 is 0 Å². The number of rotatable bonds is 1. The average molecular weight is 240 g/mol. The van der Waals surface area contributed by atoms with Gasteiger partial charge in [0.1, 0.15) is 5.60 Å². The molecule has 96 valence electrons. The highest BCUT2D eigenvalue weighted by Crippen LogP contribution is 2.22. The van der Waals surface area contributed by atoms with Gasteiger partial charge in [0.05, 0.1) is 6.04 Å². The molecule has 17 heavy (non-hydrogen) atoms. The topological polar surface area (TPSA) is 78.3 Å². The molecule has 6 nitrogen and oxygen atoms in total. The third-order valence-electron chi connectivity index (χ3n) is 2.70. The zero-order chi connectivity index (χ0) is 13.1. The van der Waals surface area contributed by atoms with Crippen molar-refractivity contribution in [3.8, 4) is 0 Å². The zero-order valence-corrected chi connectivity index (χ0v) is 10.9. The van der Waals surface area contributed by atoms with Crippen LogP contribution in [0.4, 0.5) is 4.79 Å². The van der Waals surface area contributed by atoms with Gasteiger partial charge in [0.25, 0.3) is 0 Å². The van der Waals surface area contributed by atoms with E-state index >= 15 is 0 Å². The van der Waals surface area contributed by atoms with Gasteiger partial charge in [-0.1, -0.05) is 5.11 Å². The summed E-state index contributed by atoms with van der Waals surface area (Å²) in [5.41, 5.74) is 7.92. The highest BCUT2D eigenvalue weighted by Gasteiger charge is 2.31. The van der Waals surface area contributed by atoms with Crippen molar-refractivity contribution in [1.29, 1.82) is 0 Å². The molecule has 1 fully saturated rings. The van der Waals surface area contributed by atoms with Crippen molar-refractivity contribution in [3.63, 3.8) is 0 Å². The molecule has 0 N–H and O–H groups in total. The molecule has 0 aromatic heterocycles. The SMILES string of the molecule is C[C@@H]1CCC(N=[N+]=[N-])CN1C(=O)OC(C)(C)C. The normalized spacial score (nSPS) is 25.1. The molecule has 1 amide bonds. The molecule has 1 unspecified atom stereocenters. The molecule has 1 heterocycles. The number of ether oxygens (including phenoxy) is 1. The molecule has 2 atom stereocenters. The number of nitrogens with zero attached hydrogens (tertiary/aromatic N) is 4. The molecule has 0 aliphatic carbocycles. The van der Waals surface area contributed by atoms with E-state index in [-0.39, 0.29) is 18.2 Å². The predicted molar refractivity (Wildman–Crippen MR) is 64.6 cm³/mol. The summed E-state index contributed by atoms with van der Waals surface area (Å²) in [6.07, 6.45) is 1.33. The van der Waals surface area contributed by atoms with Gasteiger partial charge in [-0.05, 0) is 46.1 Å². The van der Waals surface area contributed by atoms with Crippen molar-refractivity contribution in [3.05, 3.63) is 10.4 Å². The zero-order valence-electron chi connectivity index (χ0n) is 10.9. The van der Waals surface area contributed by atoms with Gasteiger partial charge in [0, 0.05) is 17.5 Å². The molecule has 0 bridgehead atoms. The van der Waals surface area contributed by atoms with E-state index in [1.54, 1.807) is 4.90 Å². The van der Waals surface area contributed by atoms with E-state index in [4.69, 9.17) is 10.3 Å². The largest absolute Gasteiger partial charge is 0.444 e.